The fourth-order valence-electron chi connectivity index (χ4n) is 3.35. The standard InChI is InChI=1S/C18H19N5O4/c1-26-15-6-13-12(5-14(15)16(20)24)10(7-19)8-22-17(13)23-4-2-3-11(9-23)27-18(21)25/h5-6,8,11H,2-4,9H2,1H3,(H2,20,24)(H2,21,25). The summed E-state index contributed by atoms with van der Waals surface area (Å²) >= 11 is 0. The molecule has 0 spiro atoms. The number of nitrogens with zero attached hydrogens (tertiary/aromatic N) is 3. The molecular formula is C18H19N5O4. The highest BCUT2D eigenvalue weighted by Gasteiger charge is 2.26. The number of benzene rings is 1. The Hall–Kier alpha value is -3.54. The predicted octanol–water partition coefficient (Wildman–Crippen LogP) is 1.28. The number of ether oxygens (including phenoxy) is 2. The van der Waals surface area contributed by atoms with Crippen LogP contribution in [0.15, 0.2) is 18.3 Å². The number of aromatic nitrogens is 1. The molecule has 3 rings (SSSR count). The van der Waals surface area contributed by atoms with E-state index in [1.165, 1.54) is 13.3 Å². The molecule has 1 unspecified atom stereocenters. The van der Waals surface area contributed by atoms with Crippen molar-refractivity contribution in [1.29, 1.82) is 5.26 Å². The lowest BCUT2D eigenvalue weighted by atomic mass is 10.0. The van der Waals surface area contributed by atoms with Gasteiger partial charge in [-0.05, 0) is 25.0 Å². The van der Waals surface area contributed by atoms with Crippen molar-refractivity contribution >= 4 is 28.6 Å². The zero-order valence-corrected chi connectivity index (χ0v) is 14.8. The van der Waals surface area contributed by atoms with Crippen LogP contribution in [-0.2, 0) is 4.74 Å². The molecule has 27 heavy (non-hydrogen) atoms. The third-order valence-corrected chi connectivity index (χ3v) is 4.53. The van der Waals surface area contributed by atoms with E-state index >= 15 is 0 Å². The van der Waals surface area contributed by atoms with Crippen LogP contribution in [0, 0.1) is 11.3 Å². The number of hydrogen-bond donors (Lipinski definition) is 2. The summed E-state index contributed by atoms with van der Waals surface area (Å²) in [4.78, 5) is 29.2. The van der Waals surface area contributed by atoms with Crippen molar-refractivity contribution in [3.63, 3.8) is 0 Å². The highest BCUT2D eigenvalue weighted by molar-refractivity contribution is 6.04. The Morgan fingerprint density at radius 1 is 1.33 bits per heavy atom. The molecule has 1 aromatic heterocycles. The fraction of sp³-hybridized carbons (Fsp3) is 0.333. The molecule has 0 aliphatic carbocycles. The van der Waals surface area contributed by atoms with Crippen molar-refractivity contribution in [3.05, 3.63) is 29.5 Å². The van der Waals surface area contributed by atoms with Crippen LogP contribution in [0.1, 0.15) is 28.8 Å². The monoisotopic (exact) mass is 369 g/mol. The molecule has 2 aromatic rings. The summed E-state index contributed by atoms with van der Waals surface area (Å²) in [5.74, 6) is 0.259. The fourth-order valence-corrected chi connectivity index (χ4v) is 3.35. The van der Waals surface area contributed by atoms with E-state index in [2.05, 4.69) is 11.1 Å². The van der Waals surface area contributed by atoms with Crippen molar-refractivity contribution in [2.75, 3.05) is 25.1 Å². The summed E-state index contributed by atoms with van der Waals surface area (Å²) in [7, 11) is 1.44. The molecule has 2 amide bonds. The van der Waals surface area contributed by atoms with Crippen LogP contribution in [0.25, 0.3) is 10.8 Å². The highest BCUT2D eigenvalue weighted by Crippen LogP contribution is 2.34. The summed E-state index contributed by atoms with van der Waals surface area (Å²) in [6.07, 6.45) is 1.80. The van der Waals surface area contributed by atoms with Gasteiger partial charge in [-0.2, -0.15) is 5.26 Å². The first kappa shape index (κ1) is 18.3. The largest absolute Gasteiger partial charge is 0.496 e. The Kier molecular flexibility index (Phi) is 4.98. The first-order chi connectivity index (χ1) is 12.9. The minimum absolute atomic E-state index is 0.187. The molecule has 1 atom stereocenters. The Morgan fingerprint density at radius 2 is 2.11 bits per heavy atom. The third kappa shape index (κ3) is 3.55. The van der Waals surface area contributed by atoms with Crippen molar-refractivity contribution in [3.8, 4) is 11.8 Å². The van der Waals surface area contributed by atoms with Crippen LogP contribution >= 0.6 is 0 Å². The Bertz CT molecular complexity index is 953. The number of rotatable bonds is 4. The van der Waals surface area contributed by atoms with Gasteiger partial charge in [0.2, 0.25) is 0 Å². The normalized spacial score (nSPS) is 16.6. The Morgan fingerprint density at radius 3 is 2.74 bits per heavy atom. The second kappa shape index (κ2) is 7.37. The molecule has 1 aliphatic heterocycles. The van der Waals surface area contributed by atoms with Gasteiger partial charge in [0.1, 0.15) is 23.7 Å². The molecule has 140 valence electrons. The van der Waals surface area contributed by atoms with Gasteiger partial charge in [-0.15, -0.1) is 0 Å². The summed E-state index contributed by atoms with van der Waals surface area (Å²) in [5.41, 5.74) is 11.1. The van der Waals surface area contributed by atoms with Gasteiger partial charge in [-0.25, -0.2) is 9.78 Å². The Balaban J connectivity index is 2.12. The van der Waals surface area contributed by atoms with Crippen LogP contribution in [-0.4, -0.2) is 43.3 Å². The second-order valence-electron chi connectivity index (χ2n) is 6.22. The lowest BCUT2D eigenvalue weighted by Crippen LogP contribution is -2.41. The van der Waals surface area contributed by atoms with Crippen molar-refractivity contribution in [1.82, 2.24) is 4.98 Å². The van der Waals surface area contributed by atoms with Gasteiger partial charge >= 0.3 is 6.09 Å². The van der Waals surface area contributed by atoms with Crippen LogP contribution in [0.5, 0.6) is 5.75 Å². The van der Waals surface area contributed by atoms with E-state index in [-0.39, 0.29) is 11.7 Å². The predicted molar refractivity (Wildman–Crippen MR) is 97.4 cm³/mol. The van der Waals surface area contributed by atoms with Gasteiger partial charge in [0.05, 0.1) is 24.8 Å². The van der Waals surface area contributed by atoms with Crippen LogP contribution in [0.3, 0.4) is 0 Å². The van der Waals surface area contributed by atoms with E-state index in [9.17, 15) is 14.9 Å². The quantitative estimate of drug-likeness (QED) is 0.825. The molecule has 0 bridgehead atoms. The maximum Gasteiger partial charge on any atom is 0.404 e. The van der Waals surface area contributed by atoms with Crippen molar-refractivity contribution < 1.29 is 19.1 Å². The summed E-state index contributed by atoms with van der Waals surface area (Å²) in [6.45, 7) is 1.13. The molecule has 0 saturated carbocycles. The third-order valence-electron chi connectivity index (χ3n) is 4.53. The van der Waals surface area contributed by atoms with Crippen molar-refractivity contribution in [2.24, 2.45) is 11.5 Å². The van der Waals surface area contributed by atoms with Gasteiger partial charge in [-0.3, -0.25) is 4.79 Å². The number of carbonyl (C=O) groups is 2. The number of fused-ring (bicyclic) bond motifs is 1. The molecule has 2 heterocycles. The number of carbonyl (C=O) groups excluding carboxylic acids is 2. The molecule has 9 nitrogen and oxygen atoms in total. The molecule has 1 fully saturated rings. The van der Waals surface area contributed by atoms with Gasteiger partial charge in [-0.1, -0.05) is 0 Å². The summed E-state index contributed by atoms with van der Waals surface area (Å²) in [6, 6.07) is 5.27. The average Bonchev–Trinajstić information content (AvgIpc) is 2.65. The van der Waals surface area contributed by atoms with E-state index < -0.39 is 12.0 Å². The topological polar surface area (TPSA) is 145 Å². The first-order valence-electron chi connectivity index (χ1n) is 8.36. The number of pyridine rings is 1. The number of amides is 2. The minimum Gasteiger partial charge on any atom is -0.496 e. The van der Waals surface area contributed by atoms with Gasteiger partial charge in [0.15, 0.2) is 0 Å². The average molecular weight is 369 g/mol. The molecule has 4 N–H and O–H groups in total. The van der Waals surface area contributed by atoms with E-state index in [1.807, 2.05) is 4.90 Å². The lowest BCUT2D eigenvalue weighted by molar-refractivity contribution is 0.0963. The second-order valence-corrected chi connectivity index (χ2v) is 6.22. The number of piperidine rings is 1. The van der Waals surface area contributed by atoms with Gasteiger partial charge < -0.3 is 25.8 Å². The number of nitriles is 1. The molecular weight excluding hydrogens is 350 g/mol. The maximum absolute atomic E-state index is 11.7. The van der Waals surface area contributed by atoms with Crippen LogP contribution in [0.4, 0.5) is 10.6 Å². The number of anilines is 1. The number of hydrogen-bond acceptors (Lipinski definition) is 7. The van der Waals surface area contributed by atoms with E-state index in [1.54, 1.807) is 12.1 Å². The van der Waals surface area contributed by atoms with Gasteiger partial charge in [0.25, 0.3) is 5.91 Å². The van der Waals surface area contributed by atoms with Crippen molar-refractivity contribution in [2.45, 2.75) is 18.9 Å². The van der Waals surface area contributed by atoms with E-state index in [0.717, 1.165) is 6.42 Å². The first-order valence-corrected chi connectivity index (χ1v) is 8.36. The molecule has 1 aromatic carbocycles. The molecule has 1 aliphatic rings. The number of nitrogens with two attached hydrogens (primary N) is 2. The molecule has 1 saturated heterocycles. The minimum atomic E-state index is -0.813. The zero-order chi connectivity index (χ0) is 19.6. The Labute approximate surface area is 155 Å². The lowest BCUT2D eigenvalue weighted by Gasteiger charge is -2.33. The summed E-state index contributed by atoms with van der Waals surface area (Å²) in [5, 5.41) is 10.6. The highest BCUT2D eigenvalue weighted by atomic mass is 16.6. The molecule has 9 heteroatoms. The summed E-state index contributed by atoms with van der Waals surface area (Å²) < 4.78 is 10.4. The SMILES string of the molecule is COc1cc2c(N3CCCC(OC(N)=O)C3)ncc(C#N)c2cc1C(N)=O. The van der Waals surface area contributed by atoms with Crippen LogP contribution in [0.2, 0.25) is 0 Å². The number of methoxy groups -OCH3 is 1. The van der Waals surface area contributed by atoms with E-state index in [4.69, 9.17) is 20.9 Å². The maximum atomic E-state index is 11.7. The smallest absolute Gasteiger partial charge is 0.404 e. The zero-order valence-electron chi connectivity index (χ0n) is 14.8. The van der Waals surface area contributed by atoms with E-state index in [0.29, 0.717) is 47.4 Å². The van der Waals surface area contributed by atoms with Crippen LogP contribution < -0.4 is 21.1 Å². The molecule has 0 radical (unpaired) electrons. The van der Waals surface area contributed by atoms with Gasteiger partial charge in [0, 0.05) is 23.5 Å². The number of primary amides is 2.